The van der Waals surface area contributed by atoms with Crippen molar-refractivity contribution >= 4 is 35.1 Å². The molecule has 1 aromatic heterocycles. The average molecular weight is 294 g/mol. The summed E-state index contributed by atoms with van der Waals surface area (Å²) < 4.78 is 0. The van der Waals surface area contributed by atoms with Gasteiger partial charge in [-0.2, -0.15) is 0 Å². The third kappa shape index (κ3) is 3.11. The molecule has 1 unspecified atom stereocenters. The molecule has 2 aromatic rings. The van der Waals surface area contributed by atoms with Crippen LogP contribution in [0.3, 0.4) is 0 Å². The van der Waals surface area contributed by atoms with Crippen LogP contribution >= 0.6 is 12.4 Å². The van der Waals surface area contributed by atoms with E-state index in [9.17, 15) is 0 Å². The zero-order valence-corrected chi connectivity index (χ0v) is 12.3. The van der Waals surface area contributed by atoms with Crippen molar-refractivity contribution in [1.29, 1.82) is 0 Å². The summed E-state index contributed by atoms with van der Waals surface area (Å²) in [5, 5.41) is 9.98. The van der Waals surface area contributed by atoms with E-state index in [1.165, 1.54) is 12.8 Å². The van der Waals surface area contributed by atoms with Crippen molar-refractivity contribution in [3.05, 3.63) is 24.3 Å². The smallest absolute Gasteiger partial charge is 0.169 e. The third-order valence-corrected chi connectivity index (χ3v) is 3.49. The molecule has 1 atom stereocenters. The summed E-state index contributed by atoms with van der Waals surface area (Å²) in [7, 11) is 1.87. The fraction of sp³-hybridized carbons (Fsp3) is 0.429. The molecule has 1 fully saturated rings. The number of nitrogens with zero attached hydrogens (tertiary/aromatic N) is 2. The number of aromatic nitrogens is 2. The van der Waals surface area contributed by atoms with E-state index in [0.717, 1.165) is 35.8 Å². The standard InChI is InChI=1S/C14H19N5.ClH/c1-15-13-14(17-9-10-5-4-8-16-10)19-12-7-3-2-6-11(12)18-13;/h2-3,6-7,10,16H,4-5,8-9H2,1H3,(H,15,18)(H,17,19);1H. The van der Waals surface area contributed by atoms with Crippen molar-refractivity contribution in [3.63, 3.8) is 0 Å². The Morgan fingerprint density at radius 1 is 1.20 bits per heavy atom. The van der Waals surface area contributed by atoms with E-state index < -0.39 is 0 Å². The molecule has 1 aliphatic rings. The van der Waals surface area contributed by atoms with Gasteiger partial charge in [0.25, 0.3) is 0 Å². The van der Waals surface area contributed by atoms with Crippen LogP contribution in [0.15, 0.2) is 24.3 Å². The highest BCUT2D eigenvalue weighted by atomic mass is 35.5. The van der Waals surface area contributed by atoms with E-state index in [-0.39, 0.29) is 12.4 Å². The van der Waals surface area contributed by atoms with Crippen molar-refractivity contribution in [3.8, 4) is 0 Å². The highest BCUT2D eigenvalue weighted by Crippen LogP contribution is 2.21. The number of benzene rings is 1. The molecular weight excluding hydrogens is 274 g/mol. The van der Waals surface area contributed by atoms with E-state index >= 15 is 0 Å². The van der Waals surface area contributed by atoms with Gasteiger partial charge in [0.15, 0.2) is 11.6 Å². The van der Waals surface area contributed by atoms with Crippen LogP contribution in [0.5, 0.6) is 0 Å². The number of hydrogen-bond acceptors (Lipinski definition) is 5. The first-order valence-electron chi connectivity index (χ1n) is 6.78. The van der Waals surface area contributed by atoms with Gasteiger partial charge in [0.2, 0.25) is 0 Å². The molecule has 6 heteroatoms. The second-order valence-electron chi connectivity index (χ2n) is 4.83. The van der Waals surface area contributed by atoms with Crippen LogP contribution in [0.1, 0.15) is 12.8 Å². The largest absolute Gasteiger partial charge is 0.370 e. The Balaban J connectivity index is 0.00000147. The van der Waals surface area contributed by atoms with E-state index in [1.807, 2.05) is 31.3 Å². The highest BCUT2D eigenvalue weighted by Gasteiger charge is 2.15. The van der Waals surface area contributed by atoms with Crippen LogP contribution in [0.2, 0.25) is 0 Å². The van der Waals surface area contributed by atoms with E-state index in [0.29, 0.717) is 6.04 Å². The highest BCUT2D eigenvalue weighted by molar-refractivity contribution is 5.85. The molecule has 3 N–H and O–H groups in total. The minimum Gasteiger partial charge on any atom is -0.370 e. The number of rotatable bonds is 4. The predicted molar refractivity (Wildman–Crippen MR) is 85.8 cm³/mol. The number of hydrogen-bond donors (Lipinski definition) is 3. The Morgan fingerprint density at radius 2 is 1.90 bits per heavy atom. The minimum atomic E-state index is 0. The number of anilines is 2. The van der Waals surface area contributed by atoms with Gasteiger partial charge in [0.05, 0.1) is 11.0 Å². The molecule has 0 saturated carbocycles. The van der Waals surface area contributed by atoms with E-state index in [1.54, 1.807) is 0 Å². The number of halogens is 1. The quantitative estimate of drug-likeness (QED) is 0.807. The zero-order chi connectivity index (χ0) is 13.1. The lowest BCUT2D eigenvalue weighted by molar-refractivity contribution is 0.632. The Kier molecular flexibility index (Phi) is 4.98. The van der Waals surface area contributed by atoms with Crippen LogP contribution < -0.4 is 16.0 Å². The summed E-state index contributed by atoms with van der Waals surface area (Å²) in [6.45, 7) is 2.01. The zero-order valence-electron chi connectivity index (χ0n) is 11.5. The first-order valence-corrected chi connectivity index (χ1v) is 6.78. The summed E-state index contributed by atoms with van der Waals surface area (Å²) in [4.78, 5) is 9.23. The lowest BCUT2D eigenvalue weighted by Gasteiger charge is -2.14. The topological polar surface area (TPSA) is 61.9 Å². The van der Waals surface area contributed by atoms with Crippen molar-refractivity contribution in [1.82, 2.24) is 15.3 Å². The van der Waals surface area contributed by atoms with Gasteiger partial charge in [-0.1, -0.05) is 12.1 Å². The minimum absolute atomic E-state index is 0. The lowest BCUT2D eigenvalue weighted by Crippen LogP contribution is -2.29. The Hall–Kier alpha value is -1.59. The Morgan fingerprint density at radius 3 is 2.50 bits per heavy atom. The number of fused-ring (bicyclic) bond motifs is 1. The third-order valence-electron chi connectivity index (χ3n) is 3.49. The molecule has 0 amide bonds. The Bertz CT molecular complexity index is 568. The molecular formula is C14H20ClN5. The van der Waals surface area contributed by atoms with Gasteiger partial charge in [0.1, 0.15) is 0 Å². The van der Waals surface area contributed by atoms with Crippen LogP contribution in [-0.4, -0.2) is 36.1 Å². The monoisotopic (exact) mass is 293 g/mol. The molecule has 2 heterocycles. The number of para-hydroxylation sites is 2. The molecule has 1 saturated heterocycles. The molecule has 108 valence electrons. The normalized spacial score (nSPS) is 17.8. The van der Waals surface area contributed by atoms with Crippen LogP contribution in [0, 0.1) is 0 Å². The Labute approximate surface area is 125 Å². The summed E-state index contributed by atoms with van der Waals surface area (Å²) in [6.07, 6.45) is 2.48. The van der Waals surface area contributed by atoms with Gasteiger partial charge >= 0.3 is 0 Å². The maximum atomic E-state index is 4.64. The first-order chi connectivity index (χ1) is 9.36. The van der Waals surface area contributed by atoms with Crippen LogP contribution in [0.4, 0.5) is 11.6 Å². The molecule has 0 aliphatic carbocycles. The molecule has 1 aliphatic heterocycles. The lowest BCUT2D eigenvalue weighted by atomic mass is 10.2. The van der Waals surface area contributed by atoms with Crippen LogP contribution in [0.25, 0.3) is 11.0 Å². The average Bonchev–Trinajstić information content (AvgIpc) is 2.97. The molecule has 0 spiro atoms. The van der Waals surface area contributed by atoms with Gasteiger partial charge in [-0.3, -0.25) is 0 Å². The van der Waals surface area contributed by atoms with Gasteiger partial charge in [-0.05, 0) is 31.5 Å². The fourth-order valence-electron chi connectivity index (χ4n) is 2.45. The summed E-state index contributed by atoms with van der Waals surface area (Å²) in [5.74, 6) is 1.63. The second kappa shape index (κ2) is 6.72. The summed E-state index contributed by atoms with van der Waals surface area (Å²) in [5.41, 5.74) is 1.83. The van der Waals surface area contributed by atoms with Gasteiger partial charge in [0, 0.05) is 19.6 Å². The molecule has 5 nitrogen and oxygen atoms in total. The fourth-order valence-corrected chi connectivity index (χ4v) is 2.45. The molecule has 1 aromatic carbocycles. The SMILES string of the molecule is CNc1nc2ccccc2nc1NCC1CCCN1.Cl. The van der Waals surface area contributed by atoms with Gasteiger partial charge in [-0.25, -0.2) is 9.97 Å². The van der Waals surface area contributed by atoms with Gasteiger partial charge in [-0.15, -0.1) is 12.4 Å². The van der Waals surface area contributed by atoms with Crippen molar-refractivity contribution in [2.24, 2.45) is 0 Å². The van der Waals surface area contributed by atoms with Gasteiger partial charge < -0.3 is 16.0 Å². The van der Waals surface area contributed by atoms with Crippen LogP contribution in [-0.2, 0) is 0 Å². The second-order valence-corrected chi connectivity index (χ2v) is 4.83. The van der Waals surface area contributed by atoms with E-state index in [4.69, 9.17) is 0 Å². The maximum Gasteiger partial charge on any atom is 0.169 e. The van der Waals surface area contributed by atoms with Crippen molar-refractivity contribution in [2.45, 2.75) is 18.9 Å². The molecule has 0 radical (unpaired) electrons. The predicted octanol–water partition coefficient (Wildman–Crippen LogP) is 2.26. The van der Waals surface area contributed by atoms with Crippen molar-refractivity contribution < 1.29 is 0 Å². The van der Waals surface area contributed by atoms with E-state index in [2.05, 4.69) is 25.9 Å². The van der Waals surface area contributed by atoms with Crippen molar-refractivity contribution in [2.75, 3.05) is 30.8 Å². The maximum absolute atomic E-state index is 4.64. The molecule has 20 heavy (non-hydrogen) atoms. The summed E-state index contributed by atoms with van der Waals surface area (Å²) >= 11 is 0. The first kappa shape index (κ1) is 14.8. The molecule has 0 bridgehead atoms. The number of nitrogens with one attached hydrogen (secondary N) is 3. The molecule has 3 rings (SSSR count). The summed E-state index contributed by atoms with van der Waals surface area (Å²) in [6, 6.07) is 8.47.